The van der Waals surface area contributed by atoms with Gasteiger partial charge in [-0.3, -0.25) is 14.8 Å². The largest absolute Gasteiger partial charge is 0.507 e. The summed E-state index contributed by atoms with van der Waals surface area (Å²) in [4.78, 5) is 32.5. The minimum absolute atomic E-state index is 0.0752. The number of hydrogen-bond donors (Lipinski definition) is 2. The second kappa shape index (κ2) is 9.18. The summed E-state index contributed by atoms with van der Waals surface area (Å²) in [6.07, 6.45) is 3.77. The molecule has 0 aliphatic rings. The maximum atomic E-state index is 12.7. The fraction of sp³-hybridized carbons (Fsp3) is 0.280. The van der Waals surface area contributed by atoms with Crippen molar-refractivity contribution in [3.63, 3.8) is 0 Å². The third kappa shape index (κ3) is 4.77. The quantitative estimate of drug-likeness (QED) is 0.477. The zero-order valence-corrected chi connectivity index (χ0v) is 18.5. The molecule has 0 atom stereocenters. The zero-order valence-electron chi connectivity index (χ0n) is 18.5. The molecule has 2 aromatic carbocycles. The van der Waals surface area contributed by atoms with Crippen molar-refractivity contribution in [2.24, 2.45) is 5.41 Å². The lowest BCUT2D eigenvalue weighted by Gasteiger charge is -2.22. The van der Waals surface area contributed by atoms with Crippen molar-refractivity contribution in [3.05, 3.63) is 71.2 Å². The molecule has 0 fully saturated rings. The first kappa shape index (κ1) is 22.9. The maximum Gasteiger partial charge on any atom is 0.335 e. The van der Waals surface area contributed by atoms with E-state index in [1.54, 1.807) is 43.6 Å². The maximum absolute atomic E-state index is 12.7. The van der Waals surface area contributed by atoms with Gasteiger partial charge in [0.2, 0.25) is 0 Å². The first-order valence-corrected chi connectivity index (χ1v) is 10.3. The van der Waals surface area contributed by atoms with Crippen molar-refractivity contribution in [1.29, 1.82) is 0 Å². The van der Waals surface area contributed by atoms with Crippen LogP contribution in [0.4, 0.5) is 0 Å². The predicted octanol–water partition coefficient (Wildman–Crippen LogP) is 5.05. The van der Waals surface area contributed by atoms with Gasteiger partial charge in [0, 0.05) is 16.5 Å². The van der Waals surface area contributed by atoms with Crippen LogP contribution in [0.5, 0.6) is 11.5 Å². The average molecular weight is 434 g/mol. The summed E-state index contributed by atoms with van der Waals surface area (Å²) in [6, 6.07) is 9.73. The van der Waals surface area contributed by atoms with Crippen molar-refractivity contribution in [3.8, 4) is 22.8 Å². The summed E-state index contributed by atoms with van der Waals surface area (Å²) >= 11 is 0. The highest BCUT2D eigenvalue weighted by Gasteiger charge is 2.29. The lowest BCUT2D eigenvalue weighted by Crippen LogP contribution is -2.23. The van der Waals surface area contributed by atoms with E-state index < -0.39 is 11.4 Å². The molecular formula is C25H26N2O5. The third-order valence-corrected chi connectivity index (χ3v) is 5.61. The molecule has 1 aromatic heterocycles. The van der Waals surface area contributed by atoms with E-state index in [1.807, 2.05) is 20.8 Å². The SMILES string of the molecule is CCC(C)(C)C(=O)c1ccc(OCc2cnc(-c3cccc(C(=O)O)c3)cn2)c(C)c1O. The second-order valence-corrected chi connectivity index (χ2v) is 8.22. The van der Waals surface area contributed by atoms with Gasteiger partial charge in [-0.05, 0) is 37.6 Å². The topological polar surface area (TPSA) is 110 Å². The molecule has 0 saturated heterocycles. The Labute approximate surface area is 186 Å². The van der Waals surface area contributed by atoms with E-state index in [0.29, 0.717) is 34.7 Å². The number of rotatable bonds is 8. The smallest absolute Gasteiger partial charge is 0.335 e. The number of carboxylic acids is 1. The van der Waals surface area contributed by atoms with E-state index in [9.17, 15) is 14.7 Å². The number of aromatic hydroxyl groups is 1. The molecule has 0 bridgehead atoms. The number of phenolic OH excluding ortho intramolecular Hbond substituents is 1. The molecule has 3 rings (SSSR count). The first-order chi connectivity index (χ1) is 15.1. The van der Waals surface area contributed by atoms with Gasteiger partial charge < -0.3 is 14.9 Å². The van der Waals surface area contributed by atoms with Gasteiger partial charge in [0.1, 0.15) is 18.1 Å². The third-order valence-electron chi connectivity index (χ3n) is 5.61. The number of aromatic nitrogens is 2. The fourth-order valence-corrected chi connectivity index (χ4v) is 3.09. The highest BCUT2D eigenvalue weighted by Crippen LogP contribution is 2.35. The molecule has 0 spiro atoms. The van der Waals surface area contributed by atoms with Crippen LogP contribution in [0.25, 0.3) is 11.3 Å². The summed E-state index contributed by atoms with van der Waals surface area (Å²) in [6.45, 7) is 7.47. The Morgan fingerprint density at radius 1 is 1.09 bits per heavy atom. The number of carboxylic acid groups (broad SMARTS) is 1. The molecule has 0 saturated carbocycles. The number of Topliss-reactive ketones (excluding diaryl/α,β-unsaturated/α-hetero) is 1. The second-order valence-electron chi connectivity index (χ2n) is 8.22. The number of ketones is 1. The van der Waals surface area contributed by atoms with Gasteiger partial charge in [-0.25, -0.2) is 4.79 Å². The van der Waals surface area contributed by atoms with Crippen LogP contribution < -0.4 is 4.74 Å². The molecule has 166 valence electrons. The zero-order chi connectivity index (χ0) is 23.5. The molecule has 0 amide bonds. The van der Waals surface area contributed by atoms with Crippen LogP contribution >= 0.6 is 0 Å². The van der Waals surface area contributed by atoms with Crippen molar-refractivity contribution in [1.82, 2.24) is 9.97 Å². The van der Waals surface area contributed by atoms with Gasteiger partial charge in [-0.2, -0.15) is 0 Å². The summed E-state index contributed by atoms with van der Waals surface area (Å²) in [7, 11) is 0. The average Bonchev–Trinajstić information content (AvgIpc) is 2.80. The van der Waals surface area contributed by atoms with Crippen LogP contribution in [-0.4, -0.2) is 31.9 Å². The molecule has 0 radical (unpaired) electrons. The number of carbonyl (C=O) groups is 2. The van der Waals surface area contributed by atoms with Crippen LogP contribution in [-0.2, 0) is 6.61 Å². The molecule has 0 aliphatic heterocycles. The van der Waals surface area contributed by atoms with E-state index in [0.717, 1.165) is 0 Å². The summed E-state index contributed by atoms with van der Waals surface area (Å²) in [5.74, 6) is -0.739. The minimum Gasteiger partial charge on any atom is -0.507 e. The number of aromatic carboxylic acids is 1. The predicted molar refractivity (Wildman–Crippen MR) is 120 cm³/mol. The molecule has 2 N–H and O–H groups in total. The van der Waals surface area contributed by atoms with Crippen LogP contribution in [0.2, 0.25) is 0 Å². The van der Waals surface area contributed by atoms with Gasteiger partial charge in [0.05, 0.1) is 34.9 Å². The van der Waals surface area contributed by atoms with Gasteiger partial charge in [0.25, 0.3) is 0 Å². The van der Waals surface area contributed by atoms with Crippen molar-refractivity contribution >= 4 is 11.8 Å². The van der Waals surface area contributed by atoms with Crippen molar-refractivity contribution in [2.75, 3.05) is 0 Å². The van der Waals surface area contributed by atoms with E-state index >= 15 is 0 Å². The Balaban J connectivity index is 1.73. The Morgan fingerprint density at radius 2 is 1.84 bits per heavy atom. The molecular weight excluding hydrogens is 408 g/mol. The van der Waals surface area contributed by atoms with Gasteiger partial charge >= 0.3 is 5.97 Å². The Kier molecular flexibility index (Phi) is 6.58. The monoisotopic (exact) mass is 434 g/mol. The first-order valence-electron chi connectivity index (χ1n) is 10.3. The molecule has 7 heteroatoms. The fourth-order valence-electron chi connectivity index (χ4n) is 3.09. The molecule has 0 unspecified atom stereocenters. The lowest BCUT2D eigenvalue weighted by molar-refractivity contribution is 0.0696. The molecule has 1 heterocycles. The number of benzene rings is 2. The van der Waals surface area contributed by atoms with E-state index in [1.165, 1.54) is 12.1 Å². The van der Waals surface area contributed by atoms with Crippen LogP contribution in [0, 0.1) is 12.3 Å². The Hall–Kier alpha value is -3.74. The summed E-state index contributed by atoms with van der Waals surface area (Å²) < 4.78 is 5.79. The molecule has 3 aromatic rings. The van der Waals surface area contributed by atoms with E-state index in [2.05, 4.69) is 9.97 Å². The number of hydrogen-bond acceptors (Lipinski definition) is 6. The lowest BCUT2D eigenvalue weighted by atomic mass is 9.81. The van der Waals surface area contributed by atoms with Crippen LogP contribution in [0.15, 0.2) is 48.8 Å². The van der Waals surface area contributed by atoms with Crippen molar-refractivity contribution in [2.45, 2.75) is 40.7 Å². The standard InChI is InChI=1S/C25H26N2O5/c1-5-25(3,4)23(29)19-9-10-21(15(2)22(19)28)32-14-18-12-27-20(13-26-18)16-7-6-8-17(11-16)24(30)31/h6-13,28H,5,14H2,1-4H3,(H,30,31). The number of carbonyl (C=O) groups excluding carboxylic acids is 1. The Bertz CT molecular complexity index is 1150. The van der Waals surface area contributed by atoms with Gasteiger partial charge in [0.15, 0.2) is 5.78 Å². The van der Waals surface area contributed by atoms with E-state index in [-0.39, 0.29) is 29.3 Å². The van der Waals surface area contributed by atoms with Gasteiger partial charge in [-0.15, -0.1) is 0 Å². The highest BCUT2D eigenvalue weighted by molar-refractivity contribution is 6.02. The van der Waals surface area contributed by atoms with Crippen LogP contribution in [0.1, 0.15) is 59.2 Å². The van der Waals surface area contributed by atoms with Crippen molar-refractivity contribution < 1.29 is 24.5 Å². The Morgan fingerprint density at radius 3 is 2.47 bits per heavy atom. The number of phenols is 1. The van der Waals surface area contributed by atoms with Gasteiger partial charge in [-0.1, -0.05) is 32.9 Å². The summed E-state index contributed by atoms with van der Waals surface area (Å²) in [5, 5.41) is 19.7. The minimum atomic E-state index is -1.01. The van der Waals surface area contributed by atoms with E-state index in [4.69, 9.17) is 9.84 Å². The normalized spacial score (nSPS) is 11.2. The van der Waals surface area contributed by atoms with Crippen LogP contribution in [0.3, 0.4) is 0 Å². The summed E-state index contributed by atoms with van der Waals surface area (Å²) in [5.41, 5.74) is 2.15. The molecule has 32 heavy (non-hydrogen) atoms. The number of nitrogens with zero attached hydrogens (tertiary/aromatic N) is 2. The number of ether oxygens (including phenoxy) is 1. The molecule has 0 aliphatic carbocycles. The highest BCUT2D eigenvalue weighted by atomic mass is 16.5. The molecule has 7 nitrogen and oxygen atoms in total.